The van der Waals surface area contributed by atoms with E-state index in [2.05, 4.69) is 25.5 Å². The second-order valence-electron chi connectivity index (χ2n) is 13.7. The number of aromatic nitrogens is 3. The molecule has 49 heavy (non-hydrogen) atoms. The number of amides is 3. The van der Waals surface area contributed by atoms with Crippen molar-refractivity contribution in [2.45, 2.75) is 44.6 Å². The second-order valence-corrected chi connectivity index (χ2v) is 13.7. The Bertz CT molecular complexity index is 2000. The van der Waals surface area contributed by atoms with Crippen LogP contribution < -0.4 is 20.3 Å². The van der Waals surface area contributed by atoms with E-state index >= 15 is 8.78 Å². The summed E-state index contributed by atoms with van der Waals surface area (Å²) in [6.45, 7) is 6.69. The second kappa shape index (κ2) is 12.0. The Morgan fingerprint density at radius 1 is 1.08 bits per heavy atom. The molecule has 256 valence electrons. The first-order valence-electron chi connectivity index (χ1n) is 16.8. The molecule has 1 saturated carbocycles. The third kappa shape index (κ3) is 5.66. The molecule has 8 rings (SSSR count). The van der Waals surface area contributed by atoms with Gasteiger partial charge in [-0.05, 0) is 66.6 Å². The fourth-order valence-corrected chi connectivity index (χ4v) is 7.58. The van der Waals surface area contributed by atoms with Gasteiger partial charge in [0, 0.05) is 43.4 Å². The molecule has 3 amide bonds. The van der Waals surface area contributed by atoms with Gasteiger partial charge in [-0.1, -0.05) is 13.0 Å². The fraction of sp³-hybridized carbons (Fsp3) is 0.457. The zero-order chi connectivity index (χ0) is 33.9. The number of pyridine rings is 1. The van der Waals surface area contributed by atoms with E-state index in [0.29, 0.717) is 67.8 Å². The van der Waals surface area contributed by atoms with Crippen LogP contribution in [0.15, 0.2) is 30.5 Å². The summed E-state index contributed by atoms with van der Waals surface area (Å²) >= 11 is 0. The predicted octanol–water partition coefficient (Wildman–Crippen LogP) is 4.06. The molecule has 1 spiro atoms. The molecule has 4 fully saturated rings. The Morgan fingerprint density at radius 3 is 2.63 bits per heavy atom. The van der Waals surface area contributed by atoms with Crippen molar-refractivity contribution in [2.75, 3.05) is 57.4 Å². The number of halogens is 2. The summed E-state index contributed by atoms with van der Waals surface area (Å²) in [5.41, 5.74) is -0.775. The lowest BCUT2D eigenvalue weighted by molar-refractivity contribution is -0.124. The number of rotatable bonds is 8. The number of hydrogen-bond acceptors (Lipinski definition) is 10. The summed E-state index contributed by atoms with van der Waals surface area (Å²) in [5, 5.41) is 17.0. The van der Waals surface area contributed by atoms with Crippen molar-refractivity contribution >= 4 is 39.4 Å². The van der Waals surface area contributed by atoms with Crippen LogP contribution in [0.1, 0.15) is 38.2 Å². The Balaban J connectivity index is 1.23. The first-order valence-corrected chi connectivity index (χ1v) is 16.8. The molecule has 2 aromatic carbocycles. The number of urea groups is 1. The molecular formula is C35H37F2N7O5. The molecule has 4 aromatic rings. The molecule has 3 N–H and O–H groups in total. The van der Waals surface area contributed by atoms with E-state index in [1.54, 1.807) is 6.07 Å². The maximum Gasteiger partial charge on any atom is 0.322 e. The summed E-state index contributed by atoms with van der Waals surface area (Å²) < 4.78 is 43.7. The van der Waals surface area contributed by atoms with Crippen LogP contribution in [0.3, 0.4) is 0 Å². The summed E-state index contributed by atoms with van der Waals surface area (Å²) in [5.74, 6) is -1.42. The van der Waals surface area contributed by atoms with E-state index in [4.69, 9.17) is 14.5 Å². The van der Waals surface area contributed by atoms with Crippen LogP contribution in [-0.4, -0.2) is 95.0 Å². The number of carbonyl (C=O) groups excluding carboxylic acids is 2. The number of benzene rings is 2. The minimum atomic E-state index is -1.16. The van der Waals surface area contributed by atoms with Crippen LogP contribution in [0.25, 0.3) is 32.9 Å². The topological polar surface area (TPSA) is 142 Å². The van der Waals surface area contributed by atoms with Crippen molar-refractivity contribution in [1.82, 2.24) is 30.5 Å². The quantitative estimate of drug-likeness (QED) is 0.235. The monoisotopic (exact) mass is 673 g/mol. The third-order valence-corrected chi connectivity index (χ3v) is 10.3. The van der Waals surface area contributed by atoms with E-state index in [1.807, 2.05) is 11.8 Å². The van der Waals surface area contributed by atoms with Crippen LogP contribution in [-0.2, 0) is 16.0 Å². The number of morpholine rings is 1. The Labute approximate surface area is 280 Å². The third-order valence-electron chi connectivity index (χ3n) is 10.3. The van der Waals surface area contributed by atoms with Crippen molar-refractivity contribution < 1.29 is 33.0 Å². The molecule has 1 aliphatic carbocycles. The molecular weight excluding hydrogens is 636 g/mol. The number of aromatic hydroxyl groups is 1. The van der Waals surface area contributed by atoms with Crippen LogP contribution in [0, 0.1) is 17.0 Å². The normalized spacial score (nSPS) is 22.1. The molecule has 5 heterocycles. The number of phenolic OH excluding ortho intramolecular Hbond substituents is 1. The smallest absolute Gasteiger partial charge is 0.322 e. The first-order chi connectivity index (χ1) is 23.7. The molecule has 12 nitrogen and oxygen atoms in total. The predicted molar refractivity (Wildman–Crippen MR) is 177 cm³/mol. The first kappa shape index (κ1) is 31.6. The Hall–Kier alpha value is -4.69. The lowest BCUT2D eigenvalue weighted by Gasteiger charge is -2.39. The Kier molecular flexibility index (Phi) is 7.74. The number of piperidine rings is 1. The van der Waals surface area contributed by atoms with E-state index in [0.717, 1.165) is 32.5 Å². The van der Waals surface area contributed by atoms with Crippen molar-refractivity contribution in [2.24, 2.45) is 5.41 Å². The van der Waals surface area contributed by atoms with Crippen molar-refractivity contribution in [3.63, 3.8) is 0 Å². The van der Waals surface area contributed by atoms with Crippen molar-refractivity contribution in [1.29, 1.82) is 0 Å². The lowest BCUT2D eigenvalue weighted by Crippen LogP contribution is -2.58. The Morgan fingerprint density at radius 2 is 1.90 bits per heavy atom. The van der Waals surface area contributed by atoms with E-state index < -0.39 is 29.1 Å². The molecule has 3 aliphatic heterocycles. The van der Waals surface area contributed by atoms with Gasteiger partial charge in [0.25, 0.3) is 5.91 Å². The maximum absolute atomic E-state index is 16.9. The highest BCUT2D eigenvalue weighted by Gasteiger charge is 2.49. The minimum absolute atomic E-state index is 0.0209. The SMILES string of the molecule is CCc1c(F)ccc2cc(O)cc(-c3ncc4c(N5CCCC6(C5)NC(=O)NC6=O)nc(OCC5(CN6CCOCC6)CC5)nc4c3F)c12. The van der Waals surface area contributed by atoms with Crippen molar-refractivity contribution in [3.8, 4) is 23.0 Å². The number of nitrogens with zero attached hydrogens (tertiary/aromatic N) is 5. The van der Waals surface area contributed by atoms with Crippen LogP contribution in [0.5, 0.6) is 11.8 Å². The molecule has 1 unspecified atom stereocenters. The van der Waals surface area contributed by atoms with Crippen LogP contribution in [0.4, 0.5) is 19.4 Å². The van der Waals surface area contributed by atoms with Crippen LogP contribution >= 0.6 is 0 Å². The van der Waals surface area contributed by atoms with Crippen LogP contribution in [0.2, 0.25) is 0 Å². The highest BCUT2D eigenvalue weighted by Crippen LogP contribution is 2.47. The number of imide groups is 1. The van der Waals surface area contributed by atoms with Gasteiger partial charge in [0.15, 0.2) is 5.82 Å². The number of phenols is 1. The van der Waals surface area contributed by atoms with Gasteiger partial charge in [0.05, 0.1) is 31.8 Å². The maximum atomic E-state index is 16.9. The molecule has 0 bridgehead atoms. The molecule has 0 radical (unpaired) electrons. The van der Waals surface area contributed by atoms with Gasteiger partial charge < -0.3 is 24.8 Å². The number of nitrogens with one attached hydrogen (secondary N) is 2. The van der Waals surface area contributed by atoms with E-state index in [-0.39, 0.29) is 45.9 Å². The van der Waals surface area contributed by atoms with Gasteiger partial charge in [0.1, 0.15) is 34.1 Å². The van der Waals surface area contributed by atoms with Gasteiger partial charge in [-0.2, -0.15) is 9.97 Å². The molecule has 4 aliphatic rings. The summed E-state index contributed by atoms with van der Waals surface area (Å²) in [7, 11) is 0. The number of anilines is 1. The molecule has 14 heteroatoms. The van der Waals surface area contributed by atoms with E-state index in [9.17, 15) is 14.7 Å². The molecule has 3 saturated heterocycles. The number of hydrogen-bond donors (Lipinski definition) is 3. The van der Waals surface area contributed by atoms with Crippen molar-refractivity contribution in [3.05, 3.63) is 47.7 Å². The number of carbonyl (C=O) groups is 2. The van der Waals surface area contributed by atoms with Gasteiger partial charge in [-0.25, -0.2) is 13.6 Å². The summed E-state index contributed by atoms with van der Waals surface area (Å²) in [4.78, 5) is 43.1. The number of fused-ring (bicyclic) bond motifs is 2. The fourth-order valence-electron chi connectivity index (χ4n) is 7.58. The highest BCUT2D eigenvalue weighted by molar-refractivity contribution is 6.08. The molecule has 1 atom stereocenters. The average molecular weight is 674 g/mol. The minimum Gasteiger partial charge on any atom is -0.508 e. The van der Waals surface area contributed by atoms with Gasteiger partial charge >= 0.3 is 12.0 Å². The average Bonchev–Trinajstić information content (AvgIpc) is 3.80. The van der Waals surface area contributed by atoms with E-state index in [1.165, 1.54) is 24.4 Å². The zero-order valence-electron chi connectivity index (χ0n) is 27.2. The summed E-state index contributed by atoms with van der Waals surface area (Å²) in [6, 6.07) is 5.20. The highest BCUT2D eigenvalue weighted by atomic mass is 19.1. The van der Waals surface area contributed by atoms with Gasteiger partial charge in [-0.3, -0.25) is 20.0 Å². The standard InChI is InChI=1S/C35H37F2N7O5/c1-2-22-25(36)5-4-20-14-21(45)15-23(26(20)22)28-27(37)29-24(16-38-28)30(44-9-3-6-35(18-44)31(46)41-32(47)42-35)40-33(39-29)49-19-34(7-8-34)17-43-10-12-48-13-11-43/h4-5,14-16,45H,2-3,6-13,17-19H2,1H3,(H2,41,42,46,47). The number of aryl methyl sites for hydroxylation is 1. The largest absolute Gasteiger partial charge is 0.508 e. The summed E-state index contributed by atoms with van der Waals surface area (Å²) in [6.07, 6.45) is 4.77. The number of ether oxygens (including phenoxy) is 2. The van der Waals surface area contributed by atoms with Gasteiger partial charge in [-0.15, -0.1) is 0 Å². The zero-order valence-corrected chi connectivity index (χ0v) is 27.2. The molecule has 2 aromatic heterocycles. The van der Waals surface area contributed by atoms with Gasteiger partial charge in [0.2, 0.25) is 0 Å². The lowest BCUT2D eigenvalue weighted by atomic mass is 9.89.